The van der Waals surface area contributed by atoms with Crippen molar-refractivity contribution in [3.8, 4) is 6.07 Å². The van der Waals surface area contributed by atoms with Crippen LogP contribution in [0.25, 0.3) is 0 Å². The van der Waals surface area contributed by atoms with Crippen molar-refractivity contribution in [2.75, 3.05) is 6.54 Å². The fourth-order valence-electron chi connectivity index (χ4n) is 2.28. The predicted molar refractivity (Wildman–Crippen MR) is 59.0 cm³/mol. The Morgan fingerprint density at radius 1 is 1.60 bits per heavy atom. The van der Waals surface area contributed by atoms with Crippen LogP contribution in [-0.2, 0) is 4.79 Å². The van der Waals surface area contributed by atoms with Crippen molar-refractivity contribution in [3.05, 3.63) is 0 Å². The Bertz CT molecular complexity index is 255. The lowest BCUT2D eigenvalue weighted by atomic mass is 9.91. The molecular formula is C12H20N2O. The van der Waals surface area contributed by atoms with E-state index >= 15 is 0 Å². The van der Waals surface area contributed by atoms with Gasteiger partial charge in [0.25, 0.3) is 0 Å². The summed E-state index contributed by atoms with van der Waals surface area (Å²) in [6.45, 7) is 4.84. The van der Waals surface area contributed by atoms with Gasteiger partial charge in [0.2, 0.25) is 5.91 Å². The first-order chi connectivity index (χ1) is 7.24. The van der Waals surface area contributed by atoms with E-state index in [2.05, 4.69) is 13.0 Å². The topological polar surface area (TPSA) is 44.1 Å². The van der Waals surface area contributed by atoms with Crippen LogP contribution in [0.4, 0.5) is 0 Å². The van der Waals surface area contributed by atoms with Gasteiger partial charge in [0, 0.05) is 12.5 Å². The maximum absolute atomic E-state index is 12.0. The average Bonchev–Trinajstić information content (AvgIpc) is 2.25. The van der Waals surface area contributed by atoms with Gasteiger partial charge in [-0.1, -0.05) is 20.3 Å². The molecule has 0 radical (unpaired) electrons. The van der Waals surface area contributed by atoms with Gasteiger partial charge < -0.3 is 4.90 Å². The van der Waals surface area contributed by atoms with Crippen LogP contribution < -0.4 is 0 Å². The molecule has 15 heavy (non-hydrogen) atoms. The van der Waals surface area contributed by atoms with Crippen molar-refractivity contribution < 1.29 is 4.79 Å². The summed E-state index contributed by atoms with van der Waals surface area (Å²) >= 11 is 0. The Morgan fingerprint density at radius 3 is 2.87 bits per heavy atom. The highest BCUT2D eigenvalue weighted by molar-refractivity contribution is 5.80. The van der Waals surface area contributed by atoms with Crippen molar-refractivity contribution >= 4 is 5.91 Å². The quantitative estimate of drug-likeness (QED) is 0.711. The molecule has 0 aromatic rings. The van der Waals surface area contributed by atoms with Crippen LogP contribution in [0.1, 0.15) is 46.0 Å². The first-order valence-corrected chi connectivity index (χ1v) is 5.94. The van der Waals surface area contributed by atoms with Crippen LogP contribution in [-0.4, -0.2) is 23.4 Å². The summed E-state index contributed by atoms with van der Waals surface area (Å²) in [4.78, 5) is 13.8. The minimum Gasteiger partial charge on any atom is -0.326 e. The van der Waals surface area contributed by atoms with Gasteiger partial charge in [-0.3, -0.25) is 4.79 Å². The summed E-state index contributed by atoms with van der Waals surface area (Å²) in [5.41, 5.74) is 0. The molecule has 1 heterocycles. The third-order valence-electron chi connectivity index (χ3n) is 3.13. The molecule has 0 aromatic heterocycles. The summed E-state index contributed by atoms with van der Waals surface area (Å²) in [5, 5.41) is 8.97. The second-order valence-corrected chi connectivity index (χ2v) is 4.21. The monoisotopic (exact) mass is 208 g/mol. The Labute approximate surface area is 92.1 Å². The van der Waals surface area contributed by atoms with Gasteiger partial charge in [-0.25, -0.2) is 0 Å². The van der Waals surface area contributed by atoms with Gasteiger partial charge in [-0.05, 0) is 25.7 Å². The van der Waals surface area contributed by atoms with E-state index in [-0.39, 0.29) is 17.9 Å². The molecule has 0 saturated carbocycles. The minimum atomic E-state index is -0.211. The molecule has 2 atom stereocenters. The van der Waals surface area contributed by atoms with Gasteiger partial charge >= 0.3 is 0 Å². The Kier molecular flexibility index (Phi) is 4.61. The highest BCUT2D eigenvalue weighted by Crippen LogP contribution is 2.24. The van der Waals surface area contributed by atoms with Crippen LogP contribution in [0.3, 0.4) is 0 Å². The zero-order chi connectivity index (χ0) is 11.3. The molecule has 1 rings (SSSR count). The molecule has 2 unspecified atom stereocenters. The zero-order valence-electron chi connectivity index (χ0n) is 9.70. The van der Waals surface area contributed by atoms with Crippen molar-refractivity contribution in [1.29, 1.82) is 5.26 Å². The van der Waals surface area contributed by atoms with Gasteiger partial charge in [0.1, 0.15) is 6.04 Å². The van der Waals surface area contributed by atoms with E-state index in [0.717, 1.165) is 38.6 Å². The van der Waals surface area contributed by atoms with Gasteiger partial charge in [0.15, 0.2) is 0 Å². The SMILES string of the molecule is CCCC1CCCN(C(C#N)CC)C1=O. The number of carbonyl (C=O) groups excluding carboxylic acids is 1. The zero-order valence-corrected chi connectivity index (χ0v) is 9.70. The number of nitriles is 1. The van der Waals surface area contributed by atoms with Crippen LogP contribution in [0, 0.1) is 17.2 Å². The molecule has 0 spiro atoms. The normalized spacial score (nSPS) is 23.7. The number of hydrogen-bond donors (Lipinski definition) is 0. The summed E-state index contributed by atoms with van der Waals surface area (Å²) in [7, 11) is 0. The van der Waals surface area contributed by atoms with Crippen molar-refractivity contribution in [2.45, 2.75) is 52.0 Å². The molecule has 0 N–H and O–H groups in total. The van der Waals surface area contributed by atoms with E-state index in [4.69, 9.17) is 5.26 Å². The number of rotatable bonds is 4. The highest BCUT2D eigenvalue weighted by atomic mass is 16.2. The number of hydrogen-bond acceptors (Lipinski definition) is 2. The summed E-state index contributed by atoms with van der Waals surface area (Å²) in [5.74, 6) is 0.377. The van der Waals surface area contributed by atoms with Crippen molar-refractivity contribution in [3.63, 3.8) is 0 Å². The molecule has 0 aliphatic carbocycles. The Morgan fingerprint density at radius 2 is 2.33 bits per heavy atom. The Balaban J connectivity index is 2.66. The molecule has 1 aliphatic heterocycles. The molecule has 0 bridgehead atoms. The van der Waals surface area contributed by atoms with Crippen molar-refractivity contribution in [1.82, 2.24) is 4.90 Å². The highest BCUT2D eigenvalue weighted by Gasteiger charge is 2.31. The third kappa shape index (κ3) is 2.71. The second kappa shape index (κ2) is 5.75. The standard InChI is InChI=1S/C12H20N2O/c1-3-6-10-7-5-8-14(12(10)15)11(4-2)9-13/h10-11H,3-8H2,1-2H3. The molecule has 1 saturated heterocycles. The molecule has 1 fully saturated rings. The van der Waals surface area contributed by atoms with Crippen molar-refractivity contribution in [2.24, 2.45) is 5.92 Å². The lowest BCUT2D eigenvalue weighted by Gasteiger charge is -2.34. The van der Waals surface area contributed by atoms with Gasteiger partial charge in [0.05, 0.1) is 6.07 Å². The first kappa shape index (κ1) is 12.0. The smallest absolute Gasteiger partial charge is 0.226 e. The van der Waals surface area contributed by atoms with E-state index in [0.29, 0.717) is 0 Å². The number of likely N-dealkylation sites (tertiary alicyclic amines) is 1. The van der Waals surface area contributed by atoms with Crippen LogP contribution in [0.15, 0.2) is 0 Å². The fourth-order valence-corrected chi connectivity index (χ4v) is 2.28. The maximum Gasteiger partial charge on any atom is 0.226 e. The number of piperidine rings is 1. The summed E-state index contributed by atoms with van der Waals surface area (Å²) in [6.07, 6.45) is 4.81. The van der Waals surface area contributed by atoms with E-state index in [1.807, 2.05) is 6.92 Å². The van der Waals surface area contributed by atoms with E-state index in [9.17, 15) is 4.79 Å². The van der Waals surface area contributed by atoms with Crippen LogP contribution in [0.2, 0.25) is 0 Å². The molecular weight excluding hydrogens is 188 g/mol. The van der Waals surface area contributed by atoms with Crippen LogP contribution in [0.5, 0.6) is 0 Å². The molecule has 1 amide bonds. The summed E-state index contributed by atoms with van der Waals surface area (Å²) < 4.78 is 0. The number of carbonyl (C=O) groups is 1. The first-order valence-electron chi connectivity index (χ1n) is 5.94. The van der Waals surface area contributed by atoms with E-state index in [1.165, 1.54) is 0 Å². The molecule has 0 aromatic carbocycles. The Hall–Kier alpha value is -1.04. The van der Waals surface area contributed by atoms with Gasteiger partial charge in [-0.15, -0.1) is 0 Å². The van der Waals surface area contributed by atoms with Crippen LogP contribution >= 0.6 is 0 Å². The molecule has 3 nitrogen and oxygen atoms in total. The fraction of sp³-hybridized carbons (Fsp3) is 0.833. The number of nitrogens with zero attached hydrogens (tertiary/aromatic N) is 2. The lowest BCUT2D eigenvalue weighted by Crippen LogP contribution is -2.46. The lowest BCUT2D eigenvalue weighted by molar-refractivity contribution is -0.140. The molecule has 1 aliphatic rings. The summed E-state index contributed by atoms with van der Waals surface area (Å²) in [6, 6.07) is 2.01. The maximum atomic E-state index is 12.0. The van der Waals surface area contributed by atoms with E-state index in [1.54, 1.807) is 4.90 Å². The second-order valence-electron chi connectivity index (χ2n) is 4.21. The minimum absolute atomic E-state index is 0.172. The molecule has 84 valence electrons. The number of amides is 1. The third-order valence-corrected chi connectivity index (χ3v) is 3.13. The molecule has 3 heteroatoms. The largest absolute Gasteiger partial charge is 0.326 e. The average molecular weight is 208 g/mol. The van der Waals surface area contributed by atoms with Gasteiger partial charge in [-0.2, -0.15) is 5.26 Å². The predicted octanol–water partition coefficient (Wildman–Crippen LogP) is 2.33. The van der Waals surface area contributed by atoms with E-state index < -0.39 is 0 Å².